The van der Waals surface area contributed by atoms with E-state index in [2.05, 4.69) is 9.88 Å². The number of rotatable bonds is 6. The average molecular weight is 412 g/mol. The number of aromatic hydroxyl groups is 1. The summed E-state index contributed by atoms with van der Waals surface area (Å²) in [4.78, 5) is 42.9. The molecule has 0 spiro atoms. The molecule has 0 bridgehead atoms. The van der Waals surface area contributed by atoms with E-state index < -0.39 is 5.97 Å². The van der Waals surface area contributed by atoms with Gasteiger partial charge in [-0.15, -0.1) is 0 Å². The summed E-state index contributed by atoms with van der Waals surface area (Å²) in [6.07, 6.45) is 1.35. The van der Waals surface area contributed by atoms with Crippen LogP contribution in [-0.4, -0.2) is 58.8 Å². The maximum atomic E-state index is 13.1. The number of benzene rings is 1. The molecule has 1 aliphatic rings. The molecule has 0 amide bonds. The zero-order valence-electron chi connectivity index (χ0n) is 17.8. The van der Waals surface area contributed by atoms with Gasteiger partial charge >= 0.3 is 5.97 Å². The molecular weight excluding hydrogens is 384 g/mol. The van der Waals surface area contributed by atoms with Crippen LogP contribution in [0.1, 0.15) is 62.2 Å². The van der Waals surface area contributed by atoms with Gasteiger partial charge < -0.3 is 14.8 Å². The van der Waals surface area contributed by atoms with Crippen LogP contribution in [0.15, 0.2) is 24.3 Å². The van der Waals surface area contributed by atoms with Gasteiger partial charge in [0.2, 0.25) is 0 Å². The number of ketones is 2. The Morgan fingerprint density at radius 2 is 1.73 bits per heavy atom. The third-order valence-corrected chi connectivity index (χ3v) is 6.05. The highest BCUT2D eigenvalue weighted by molar-refractivity contribution is 6.03. The van der Waals surface area contributed by atoms with E-state index >= 15 is 0 Å². The maximum Gasteiger partial charge on any atom is 0.339 e. The van der Waals surface area contributed by atoms with E-state index in [9.17, 15) is 19.5 Å². The van der Waals surface area contributed by atoms with Gasteiger partial charge in [0.05, 0.1) is 24.4 Å². The number of carbonyl (C=O) groups is 3. The zero-order valence-corrected chi connectivity index (χ0v) is 17.8. The molecule has 1 fully saturated rings. The number of ether oxygens (including phenoxy) is 1. The van der Waals surface area contributed by atoms with E-state index in [1.54, 1.807) is 26.0 Å². The van der Waals surface area contributed by atoms with Crippen LogP contribution in [0.4, 0.5) is 0 Å². The van der Waals surface area contributed by atoms with E-state index in [0.717, 1.165) is 0 Å². The highest BCUT2D eigenvalue weighted by Gasteiger charge is 2.32. The summed E-state index contributed by atoms with van der Waals surface area (Å²) in [5.41, 5.74) is 2.67. The largest absolute Gasteiger partial charge is 0.508 e. The number of methoxy groups -OCH3 is 1. The topological polar surface area (TPSA) is 99.7 Å². The molecular formula is C23H28N2O5. The normalized spacial score (nSPS) is 16.3. The Hall–Kier alpha value is -2.93. The van der Waals surface area contributed by atoms with Crippen molar-refractivity contribution in [2.24, 2.45) is 5.92 Å². The number of nitrogens with zero attached hydrogens (tertiary/aromatic N) is 1. The number of aromatic amines is 1. The van der Waals surface area contributed by atoms with Crippen molar-refractivity contribution in [2.45, 2.75) is 39.7 Å². The van der Waals surface area contributed by atoms with Crippen LogP contribution < -0.4 is 0 Å². The first-order valence-electron chi connectivity index (χ1n) is 10.1. The molecule has 1 atom stereocenters. The predicted octanol–water partition coefficient (Wildman–Crippen LogP) is 3.29. The van der Waals surface area contributed by atoms with Crippen LogP contribution in [-0.2, 0) is 4.74 Å². The number of aromatic nitrogens is 1. The molecule has 2 aromatic rings. The summed E-state index contributed by atoms with van der Waals surface area (Å²) in [5, 5.41) is 9.40. The summed E-state index contributed by atoms with van der Waals surface area (Å²) in [7, 11) is 1.32. The number of hydrogen-bond acceptors (Lipinski definition) is 6. The number of hydrogen-bond donors (Lipinski definition) is 2. The van der Waals surface area contributed by atoms with Crippen molar-refractivity contribution < 1.29 is 24.2 Å². The molecule has 7 heteroatoms. The van der Waals surface area contributed by atoms with Crippen LogP contribution in [0.5, 0.6) is 5.75 Å². The van der Waals surface area contributed by atoms with E-state index in [4.69, 9.17) is 4.74 Å². The molecule has 0 aliphatic carbocycles. The number of phenols is 1. The number of likely N-dealkylation sites (tertiary alicyclic amines) is 1. The smallest absolute Gasteiger partial charge is 0.339 e. The highest BCUT2D eigenvalue weighted by atomic mass is 16.5. The van der Waals surface area contributed by atoms with Gasteiger partial charge in [-0.25, -0.2) is 4.79 Å². The Labute approximate surface area is 176 Å². The average Bonchev–Trinajstić information content (AvgIpc) is 3.06. The lowest BCUT2D eigenvalue weighted by Gasteiger charge is -2.34. The van der Waals surface area contributed by atoms with Gasteiger partial charge in [-0.1, -0.05) is 0 Å². The van der Waals surface area contributed by atoms with Crippen molar-refractivity contribution in [1.82, 2.24) is 9.88 Å². The highest BCUT2D eigenvalue weighted by Crippen LogP contribution is 2.26. The monoisotopic (exact) mass is 412 g/mol. The Bertz CT molecular complexity index is 953. The van der Waals surface area contributed by atoms with Crippen molar-refractivity contribution in [1.29, 1.82) is 0 Å². The van der Waals surface area contributed by atoms with Crippen molar-refractivity contribution in [3.05, 3.63) is 52.3 Å². The second-order valence-corrected chi connectivity index (χ2v) is 7.88. The first-order valence-corrected chi connectivity index (χ1v) is 10.1. The predicted molar refractivity (Wildman–Crippen MR) is 112 cm³/mol. The molecule has 2 N–H and O–H groups in total. The molecule has 0 saturated carbocycles. The van der Waals surface area contributed by atoms with Gasteiger partial charge in [-0.3, -0.25) is 14.5 Å². The molecule has 1 saturated heterocycles. The third kappa shape index (κ3) is 4.16. The molecule has 1 unspecified atom stereocenters. The van der Waals surface area contributed by atoms with Gasteiger partial charge in [0.15, 0.2) is 11.6 Å². The van der Waals surface area contributed by atoms with E-state index in [0.29, 0.717) is 54.0 Å². The van der Waals surface area contributed by atoms with Gasteiger partial charge in [-0.2, -0.15) is 0 Å². The van der Waals surface area contributed by atoms with Crippen LogP contribution in [0.2, 0.25) is 0 Å². The summed E-state index contributed by atoms with van der Waals surface area (Å²) in [6.45, 7) is 6.64. The standard InChI is InChI=1S/C23H28N2O5/c1-13-19(23(29)30-4)14(2)24-20(13)21(27)15(3)25-11-9-17(10-12-25)22(28)16-5-7-18(26)8-6-16/h5-8,15,17,24,26H,9-12H2,1-4H3. The molecule has 7 nitrogen and oxygen atoms in total. The minimum atomic E-state index is -0.457. The van der Waals surface area contributed by atoms with E-state index in [1.165, 1.54) is 19.2 Å². The van der Waals surface area contributed by atoms with Gasteiger partial charge in [-0.05, 0) is 76.5 Å². The minimum absolute atomic E-state index is 0.0749. The van der Waals surface area contributed by atoms with E-state index in [1.807, 2.05) is 6.92 Å². The summed E-state index contributed by atoms with van der Waals surface area (Å²) < 4.78 is 4.82. The lowest BCUT2D eigenvalue weighted by atomic mass is 9.88. The molecule has 1 aromatic carbocycles. The molecule has 1 aromatic heterocycles. The Morgan fingerprint density at radius 3 is 2.30 bits per heavy atom. The van der Waals surface area contributed by atoms with Crippen LogP contribution in [0.25, 0.3) is 0 Å². The molecule has 1 aliphatic heterocycles. The number of Topliss-reactive ketones (excluding diaryl/α,β-unsaturated/α-hetero) is 2. The third-order valence-electron chi connectivity index (χ3n) is 6.05. The summed E-state index contributed by atoms with van der Waals surface area (Å²) in [5.74, 6) is -0.407. The molecule has 3 rings (SSSR count). The fourth-order valence-corrected chi connectivity index (χ4v) is 4.19. The number of piperidine rings is 1. The van der Waals surface area contributed by atoms with Crippen LogP contribution in [0, 0.1) is 19.8 Å². The molecule has 0 radical (unpaired) electrons. The number of esters is 1. The summed E-state index contributed by atoms with van der Waals surface area (Å²) in [6, 6.07) is 5.97. The van der Waals surface area contributed by atoms with Crippen molar-refractivity contribution in [3.63, 3.8) is 0 Å². The second-order valence-electron chi connectivity index (χ2n) is 7.88. The maximum absolute atomic E-state index is 13.1. The van der Waals surface area contributed by atoms with Crippen molar-refractivity contribution >= 4 is 17.5 Å². The second kappa shape index (κ2) is 8.83. The summed E-state index contributed by atoms with van der Waals surface area (Å²) >= 11 is 0. The zero-order chi connectivity index (χ0) is 22.0. The van der Waals surface area contributed by atoms with Crippen LogP contribution >= 0.6 is 0 Å². The Balaban J connectivity index is 1.66. The minimum Gasteiger partial charge on any atom is -0.508 e. The first kappa shape index (κ1) is 21.8. The number of nitrogens with one attached hydrogen (secondary N) is 1. The molecule has 2 heterocycles. The fourth-order valence-electron chi connectivity index (χ4n) is 4.19. The first-order chi connectivity index (χ1) is 14.2. The number of aryl methyl sites for hydroxylation is 1. The van der Waals surface area contributed by atoms with Crippen molar-refractivity contribution in [2.75, 3.05) is 20.2 Å². The lowest BCUT2D eigenvalue weighted by Crippen LogP contribution is -2.45. The van der Waals surface area contributed by atoms with Gasteiger partial charge in [0.1, 0.15) is 5.75 Å². The van der Waals surface area contributed by atoms with Crippen molar-refractivity contribution in [3.8, 4) is 5.75 Å². The fraction of sp³-hybridized carbons (Fsp3) is 0.435. The van der Waals surface area contributed by atoms with Crippen LogP contribution in [0.3, 0.4) is 0 Å². The number of phenolic OH excluding ortho intramolecular Hbond substituents is 1. The lowest BCUT2D eigenvalue weighted by molar-refractivity contribution is 0.0599. The Morgan fingerprint density at radius 1 is 1.13 bits per heavy atom. The quantitative estimate of drug-likeness (QED) is 0.558. The number of carbonyl (C=O) groups excluding carboxylic acids is 3. The van der Waals surface area contributed by atoms with Gasteiger partial charge in [0.25, 0.3) is 0 Å². The van der Waals surface area contributed by atoms with E-state index in [-0.39, 0.29) is 29.3 Å². The molecule has 30 heavy (non-hydrogen) atoms. The molecule has 160 valence electrons. The number of H-pyrrole nitrogens is 1. The Kier molecular flexibility index (Phi) is 6.41. The SMILES string of the molecule is COC(=O)c1c(C)[nH]c(C(=O)C(C)N2CCC(C(=O)c3ccc(O)cc3)CC2)c1C. The van der Waals surface area contributed by atoms with Gasteiger partial charge in [0, 0.05) is 17.2 Å².